The molecule has 3 aromatic carbocycles. The molecule has 1 atom stereocenters. The zero-order valence-electron chi connectivity index (χ0n) is 22.3. The van der Waals surface area contributed by atoms with Crippen molar-refractivity contribution in [3.8, 4) is 11.5 Å². The van der Waals surface area contributed by atoms with Crippen LogP contribution in [0, 0.1) is 0 Å². The molecule has 0 radical (unpaired) electrons. The van der Waals surface area contributed by atoms with Crippen LogP contribution in [0.15, 0.2) is 96.0 Å². The first kappa shape index (κ1) is 27.6. The Labute approximate surface area is 225 Å². The predicted octanol–water partition coefficient (Wildman–Crippen LogP) is 6.70. The Morgan fingerprint density at radius 2 is 1.58 bits per heavy atom. The lowest BCUT2D eigenvalue weighted by Crippen LogP contribution is -2.27. The molecule has 0 N–H and O–H groups in total. The maximum Gasteiger partial charge on any atom is 0.168 e. The van der Waals surface area contributed by atoms with Gasteiger partial charge in [0.05, 0.1) is 39.6 Å². The van der Waals surface area contributed by atoms with E-state index < -0.39 is 5.79 Å². The van der Waals surface area contributed by atoms with Crippen LogP contribution in [0.2, 0.25) is 0 Å². The minimum Gasteiger partial charge on any atom is -0.493 e. The molecule has 6 nitrogen and oxygen atoms in total. The lowest BCUT2D eigenvalue weighted by molar-refractivity contribution is -0.149. The van der Waals surface area contributed by atoms with Gasteiger partial charge in [-0.05, 0) is 48.2 Å². The highest BCUT2D eigenvalue weighted by Gasteiger charge is 2.34. The van der Waals surface area contributed by atoms with Crippen LogP contribution in [-0.2, 0) is 27.4 Å². The normalized spacial score (nSPS) is 15.7. The van der Waals surface area contributed by atoms with Gasteiger partial charge in [0.25, 0.3) is 0 Å². The van der Waals surface area contributed by atoms with Crippen LogP contribution in [0.1, 0.15) is 42.5 Å². The van der Waals surface area contributed by atoms with Crippen molar-refractivity contribution in [3.05, 3.63) is 108 Å². The summed E-state index contributed by atoms with van der Waals surface area (Å²) in [4.78, 5) is 4.87. The average molecular weight is 516 g/mol. The topological polar surface area (TPSA) is 58.5 Å². The second kappa shape index (κ2) is 14.5. The van der Waals surface area contributed by atoms with Gasteiger partial charge in [-0.25, -0.2) is 0 Å². The molecule has 0 spiro atoms. The molecule has 0 aliphatic carbocycles. The molecular formula is C32H37NO5. The Hall–Kier alpha value is -3.45. The number of aliphatic imine (C=N–C) groups is 1. The van der Waals surface area contributed by atoms with Crippen molar-refractivity contribution in [1.82, 2.24) is 0 Å². The zero-order chi connectivity index (χ0) is 26.5. The molecule has 0 aromatic heterocycles. The standard InChI is InChI=1S/C32H37NO5/c1-32(37-20-21-38-32)23-29(33-18-10-5-11-19-35-24-26-12-6-3-7-13-26)28-16-17-30(34-2)31(22-28)36-25-27-14-8-4-9-15-27/h3-10,12-18,22,29H,11,19-21,23-25H2,1-2H3/b10-5+,33-18?/t29-/m0/s1. The Balaban J connectivity index is 1.40. The van der Waals surface area contributed by atoms with E-state index in [9.17, 15) is 0 Å². The van der Waals surface area contributed by atoms with Crippen LogP contribution in [0.3, 0.4) is 0 Å². The first-order valence-corrected chi connectivity index (χ1v) is 13.1. The quantitative estimate of drug-likeness (QED) is 0.177. The predicted molar refractivity (Wildman–Crippen MR) is 150 cm³/mol. The number of allylic oxidation sites excluding steroid dienone is 1. The summed E-state index contributed by atoms with van der Waals surface area (Å²) in [6.45, 7) is 4.87. The number of rotatable bonds is 14. The second-order valence-corrected chi connectivity index (χ2v) is 9.29. The van der Waals surface area contributed by atoms with E-state index in [-0.39, 0.29) is 6.04 Å². The number of hydrogen-bond acceptors (Lipinski definition) is 6. The summed E-state index contributed by atoms with van der Waals surface area (Å²) in [5, 5.41) is 0. The van der Waals surface area contributed by atoms with Gasteiger partial charge in [0.1, 0.15) is 6.61 Å². The Bertz CT molecular complexity index is 1160. The van der Waals surface area contributed by atoms with Gasteiger partial charge in [-0.15, -0.1) is 0 Å². The number of ether oxygens (including phenoxy) is 5. The summed E-state index contributed by atoms with van der Waals surface area (Å²) in [5.74, 6) is 0.683. The smallest absolute Gasteiger partial charge is 0.168 e. The fourth-order valence-electron chi connectivity index (χ4n) is 4.26. The third kappa shape index (κ3) is 8.55. The molecule has 1 fully saturated rings. The Kier molecular flexibility index (Phi) is 10.5. The fourth-order valence-corrected chi connectivity index (χ4v) is 4.26. The van der Waals surface area contributed by atoms with Crippen molar-refractivity contribution in [1.29, 1.82) is 0 Å². The first-order valence-electron chi connectivity index (χ1n) is 13.1. The van der Waals surface area contributed by atoms with Crippen molar-refractivity contribution < 1.29 is 23.7 Å². The van der Waals surface area contributed by atoms with Crippen LogP contribution in [0.5, 0.6) is 11.5 Å². The van der Waals surface area contributed by atoms with Crippen LogP contribution in [-0.4, -0.2) is 38.9 Å². The van der Waals surface area contributed by atoms with E-state index in [0.717, 1.165) is 17.5 Å². The van der Waals surface area contributed by atoms with E-state index in [1.807, 2.05) is 85.9 Å². The van der Waals surface area contributed by atoms with E-state index in [4.69, 9.17) is 28.7 Å². The summed E-state index contributed by atoms with van der Waals surface area (Å²) in [7, 11) is 1.65. The van der Waals surface area contributed by atoms with Crippen molar-refractivity contribution in [2.24, 2.45) is 4.99 Å². The Morgan fingerprint density at radius 1 is 0.895 bits per heavy atom. The van der Waals surface area contributed by atoms with Crippen LogP contribution in [0.25, 0.3) is 0 Å². The lowest BCUT2D eigenvalue weighted by atomic mass is 9.99. The van der Waals surface area contributed by atoms with Gasteiger partial charge in [0, 0.05) is 12.6 Å². The van der Waals surface area contributed by atoms with E-state index in [2.05, 4.69) is 18.2 Å². The molecule has 1 heterocycles. The first-order chi connectivity index (χ1) is 18.6. The van der Waals surface area contributed by atoms with Crippen LogP contribution >= 0.6 is 0 Å². The minimum atomic E-state index is -0.679. The molecule has 200 valence electrons. The number of hydrogen-bond donors (Lipinski definition) is 0. The van der Waals surface area contributed by atoms with Gasteiger partial charge < -0.3 is 23.7 Å². The summed E-state index contributed by atoms with van der Waals surface area (Å²) < 4.78 is 29.2. The van der Waals surface area contributed by atoms with Gasteiger partial charge in [0.2, 0.25) is 0 Å². The van der Waals surface area contributed by atoms with Gasteiger partial charge in [-0.2, -0.15) is 0 Å². The van der Waals surface area contributed by atoms with Crippen LogP contribution in [0.4, 0.5) is 0 Å². The third-order valence-electron chi connectivity index (χ3n) is 6.30. The second-order valence-electron chi connectivity index (χ2n) is 9.29. The van der Waals surface area contributed by atoms with Crippen molar-refractivity contribution in [3.63, 3.8) is 0 Å². The summed E-state index contributed by atoms with van der Waals surface area (Å²) in [6.07, 6.45) is 7.27. The minimum absolute atomic E-state index is 0.179. The largest absolute Gasteiger partial charge is 0.493 e. The summed E-state index contributed by atoms with van der Waals surface area (Å²) in [6, 6.07) is 26.0. The monoisotopic (exact) mass is 515 g/mol. The van der Waals surface area contributed by atoms with Gasteiger partial charge in [-0.3, -0.25) is 4.99 Å². The molecule has 1 aliphatic rings. The highest BCUT2D eigenvalue weighted by atomic mass is 16.7. The molecule has 1 saturated heterocycles. The molecule has 3 aromatic rings. The van der Waals surface area contributed by atoms with E-state index in [1.54, 1.807) is 7.11 Å². The molecule has 6 heteroatoms. The highest BCUT2D eigenvalue weighted by Crippen LogP contribution is 2.37. The summed E-state index contributed by atoms with van der Waals surface area (Å²) >= 11 is 0. The molecule has 0 bridgehead atoms. The van der Waals surface area contributed by atoms with Gasteiger partial charge >= 0.3 is 0 Å². The molecular weight excluding hydrogens is 478 g/mol. The summed E-state index contributed by atoms with van der Waals surface area (Å²) in [5.41, 5.74) is 3.27. The van der Waals surface area contributed by atoms with E-state index in [1.165, 1.54) is 5.56 Å². The van der Waals surface area contributed by atoms with E-state index >= 15 is 0 Å². The SMILES string of the molecule is COc1ccc([C@H](CC2(C)OCCO2)N=C/C=C/CCOCc2ccccc2)cc1OCc1ccccc1. The molecule has 0 saturated carbocycles. The number of benzene rings is 3. The number of methoxy groups -OCH3 is 1. The van der Waals surface area contributed by atoms with Crippen molar-refractivity contribution >= 4 is 6.21 Å². The van der Waals surface area contributed by atoms with Gasteiger partial charge in [0.15, 0.2) is 17.3 Å². The third-order valence-corrected chi connectivity index (χ3v) is 6.30. The van der Waals surface area contributed by atoms with Gasteiger partial charge in [-0.1, -0.05) is 72.8 Å². The average Bonchev–Trinajstić information content (AvgIpc) is 3.39. The van der Waals surface area contributed by atoms with E-state index in [0.29, 0.717) is 51.0 Å². The fraction of sp³-hybridized carbons (Fsp3) is 0.344. The number of nitrogens with zero attached hydrogens (tertiary/aromatic N) is 1. The Morgan fingerprint density at radius 3 is 2.26 bits per heavy atom. The zero-order valence-corrected chi connectivity index (χ0v) is 22.3. The van der Waals surface area contributed by atoms with Crippen molar-refractivity contribution in [2.45, 2.75) is 44.8 Å². The van der Waals surface area contributed by atoms with Crippen LogP contribution < -0.4 is 9.47 Å². The highest BCUT2D eigenvalue weighted by molar-refractivity contribution is 5.71. The maximum atomic E-state index is 6.15. The maximum absolute atomic E-state index is 6.15. The van der Waals surface area contributed by atoms with Crippen molar-refractivity contribution in [2.75, 3.05) is 26.9 Å². The molecule has 0 amide bonds. The molecule has 0 unspecified atom stereocenters. The molecule has 4 rings (SSSR count). The molecule has 38 heavy (non-hydrogen) atoms. The lowest BCUT2D eigenvalue weighted by Gasteiger charge is -2.26. The molecule has 1 aliphatic heterocycles.